The van der Waals surface area contributed by atoms with Crippen molar-refractivity contribution < 1.29 is 9.53 Å². The van der Waals surface area contributed by atoms with Crippen molar-refractivity contribution in [3.05, 3.63) is 36.2 Å². The van der Waals surface area contributed by atoms with Gasteiger partial charge in [0.1, 0.15) is 11.6 Å². The number of carbonyl (C=O) groups is 1. The molecule has 0 radical (unpaired) electrons. The number of hydrogen-bond donors (Lipinski definition) is 2. The lowest BCUT2D eigenvalue weighted by molar-refractivity contribution is -0.130. The second-order valence-electron chi connectivity index (χ2n) is 4.89. The number of rotatable bonds is 3. The Bertz CT molecular complexity index is 753. The summed E-state index contributed by atoms with van der Waals surface area (Å²) in [6, 6.07) is 7.59. The van der Waals surface area contributed by atoms with E-state index in [1.165, 1.54) is 6.20 Å². The van der Waals surface area contributed by atoms with Crippen LogP contribution in [-0.2, 0) is 9.53 Å². The number of morpholine rings is 1. The number of nitrogens with one attached hydrogen (secondary N) is 2. The number of ether oxygens (including phenoxy) is 1. The number of aromatic nitrogens is 2. The van der Waals surface area contributed by atoms with Crippen LogP contribution < -0.4 is 5.32 Å². The molecule has 0 unspecified atom stereocenters. The molecule has 2 N–H and O–H groups in total. The van der Waals surface area contributed by atoms with E-state index in [0.29, 0.717) is 26.3 Å². The normalized spacial score (nSPS) is 15.6. The third-order valence-corrected chi connectivity index (χ3v) is 3.47. The SMILES string of the molecule is N#C/C(=C/Nc1ccc2cn[nH]c2c1)C(=O)N1CCOCC1. The van der Waals surface area contributed by atoms with Crippen LogP contribution in [0.25, 0.3) is 10.9 Å². The maximum absolute atomic E-state index is 12.2. The predicted octanol–water partition coefficient (Wildman–Crippen LogP) is 1.24. The third kappa shape index (κ3) is 2.92. The van der Waals surface area contributed by atoms with Gasteiger partial charge in [0, 0.05) is 30.4 Å². The maximum atomic E-state index is 12.2. The zero-order valence-electron chi connectivity index (χ0n) is 11.9. The number of H-pyrrole nitrogens is 1. The highest BCUT2D eigenvalue weighted by atomic mass is 16.5. The Morgan fingerprint density at radius 3 is 3.05 bits per heavy atom. The standard InChI is InChI=1S/C15H15N5O2/c16-8-12(15(21)20-3-5-22-6-4-20)9-17-13-2-1-11-10-18-19-14(11)7-13/h1-2,7,9-10,17H,3-6H2,(H,18,19)/b12-9-. The number of amides is 1. The predicted molar refractivity (Wildman–Crippen MR) is 80.8 cm³/mol. The Morgan fingerprint density at radius 1 is 1.45 bits per heavy atom. The molecular formula is C15H15N5O2. The van der Waals surface area contributed by atoms with Gasteiger partial charge in [-0.25, -0.2) is 0 Å². The van der Waals surface area contributed by atoms with E-state index in [1.807, 2.05) is 24.3 Å². The summed E-state index contributed by atoms with van der Waals surface area (Å²) >= 11 is 0. The number of nitrogens with zero attached hydrogens (tertiary/aromatic N) is 3. The van der Waals surface area contributed by atoms with Gasteiger partial charge in [0.2, 0.25) is 0 Å². The molecule has 7 nitrogen and oxygen atoms in total. The quantitative estimate of drug-likeness (QED) is 0.656. The molecule has 1 amide bonds. The molecule has 0 atom stereocenters. The molecule has 2 heterocycles. The summed E-state index contributed by atoms with van der Waals surface area (Å²) in [5, 5.41) is 20.0. The van der Waals surface area contributed by atoms with Crippen molar-refractivity contribution in [3.8, 4) is 6.07 Å². The first kappa shape index (κ1) is 14.1. The number of hydrogen-bond acceptors (Lipinski definition) is 5. The summed E-state index contributed by atoms with van der Waals surface area (Å²) in [7, 11) is 0. The van der Waals surface area contributed by atoms with Gasteiger partial charge < -0.3 is 15.0 Å². The fourth-order valence-electron chi connectivity index (χ4n) is 2.26. The molecule has 1 fully saturated rings. The summed E-state index contributed by atoms with van der Waals surface area (Å²) in [4.78, 5) is 13.9. The molecule has 1 aliphatic rings. The van der Waals surface area contributed by atoms with Crippen molar-refractivity contribution >= 4 is 22.5 Å². The Kier molecular flexibility index (Phi) is 4.03. The Morgan fingerprint density at radius 2 is 2.27 bits per heavy atom. The smallest absolute Gasteiger partial charge is 0.266 e. The summed E-state index contributed by atoms with van der Waals surface area (Å²) in [6.45, 7) is 2.04. The first-order valence-electron chi connectivity index (χ1n) is 6.95. The highest BCUT2D eigenvalue weighted by Gasteiger charge is 2.20. The van der Waals surface area contributed by atoms with E-state index >= 15 is 0 Å². The summed E-state index contributed by atoms with van der Waals surface area (Å²) in [5.41, 5.74) is 1.74. The van der Waals surface area contributed by atoms with Crippen LogP contribution in [0, 0.1) is 11.3 Å². The largest absolute Gasteiger partial charge is 0.378 e. The van der Waals surface area contributed by atoms with E-state index in [0.717, 1.165) is 16.6 Å². The van der Waals surface area contributed by atoms with Gasteiger partial charge in [0.05, 0.1) is 24.9 Å². The van der Waals surface area contributed by atoms with Crippen molar-refractivity contribution in [2.45, 2.75) is 0 Å². The average molecular weight is 297 g/mol. The molecule has 112 valence electrons. The van der Waals surface area contributed by atoms with E-state index in [9.17, 15) is 10.1 Å². The van der Waals surface area contributed by atoms with Crippen molar-refractivity contribution in [2.24, 2.45) is 0 Å². The van der Waals surface area contributed by atoms with Crippen LogP contribution in [0.1, 0.15) is 0 Å². The zero-order valence-corrected chi connectivity index (χ0v) is 11.9. The van der Waals surface area contributed by atoms with Crippen molar-refractivity contribution in [1.82, 2.24) is 15.1 Å². The number of nitriles is 1. The average Bonchev–Trinajstić information content (AvgIpc) is 3.03. The summed E-state index contributed by atoms with van der Waals surface area (Å²) in [6.07, 6.45) is 3.17. The van der Waals surface area contributed by atoms with Gasteiger partial charge in [-0.2, -0.15) is 10.4 Å². The first-order valence-corrected chi connectivity index (χ1v) is 6.95. The van der Waals surface area contributed by atoms with Crippen LogP contribution >= 0.6 is 0 Å². The molecule has 3 rings (SSSR count). The Labute approximate surface area is 127 Å². The molecule has 0 bridgehead atoms. The highest BCUT2D eigenvalue weighted by molar-refractivity contribution is 5.97. The molecule has 22 heavy (non-hydrogen) atoms. The van der Waals surface area contributed by atoms with Crippen LogP contribution in [0.2, 0.25) is 0 Å². The number of anilines is 1. The van der Waals surface area contributed by atoms with Gasteiger partial charge in [0.15, 0.2) is 0 Å². The fraction of sp³-hybridized carbons (Fsp3) is 0.267. The minimum atomic E-state index is -0.277. The van der Waals surface area contributed by atoms with Gasteiger partial charge in [-0.3, -0.25) is 9.89 Å². The van der Waals surface area contributed by atoms with E-state index in [1.54, 1.807) is 11.1 Å². The molecule has 2 aromatic rings. The van der Waals surface area contributed by atoms with Crippen LogP contribution in [0.15, 0.2) is 36.2 Å². The number of benzene rings is 1. The summed E-state index contributed by atoms with van der Waals surface area (Å²) < 4.78 is 5.20. The fourth-order valence-corrected chi connectivity index (χ4v) is 2.26. The molecule has 7 heteroatoms. The van der Waals surface area contributed by atoms with E-state index in [-0.39, 0.29) is 11.5 Å². The molecule has 0 spiro atoms. The van der Waals surface area contributed by atoms with E-state index < -0.39 is 0 Å². The monoisotopic (exact) mass is 297 g/mol. The van der Waals surface area contributed by atoms with Crippen LogP contribution in [0.3, 0.4) is 0 Å². The van der Waals surface area contributed by atoms with Gasteiger partial charge in [-0.05, 0) is 18.2 Å². The minimum Gasteiger partial charge on any atom is -0.378 e. The van der Waals surface area contributed by atoms with Gasteiger partial charge in [-0.15, -0.1) is 0 Å². The lowest BCUT2D eigenvalue weighted by Crippen LogP contribution is -2.41. The first-order chi connectivity index (χ1) is 10.8. The topological polar surface area (TPSA) is 94.0 Å². The number of carbonyl (C=O) groups excluding carboxylic acids is 1. The van der Waals surface area contributed by atoms with E-state index in [2.05, 4.69) is 15.5 Å². The van der Waals surface area contributed by atoms with E-state index in [4.69, 9.17) is 4.74 Å². The molecule has 0 aliphatic carbocycles. The molecule has 1 saturated heterocycles. The Hall–Kier alpha value is -2.85. The molecule has 0 saturated carbocycles. The summed E-state index contributed by atoms with van der Waals surface area (Å²) in [5.74, 6) is -0.277. The van der Waals surface area contributed by atoms with Crippen LogP contribution in [0.4, 0.5) is 5.69 Å². The Balaban J connectivity index is 1.73. The zero-order chi connectivity index (χ0) is 15.4. The lowest BCUT2D eigenvalue weighted by atomic mass is 10.2. The number of fused-ring (bicyclic) bond motifs is 1. The molecule has 1 aliphatic heterocycles. The van der Waals surface area contributed by atoms with Gasteiger partial charge >= 0.3 is 0 Å². The second kappa shape index (κ2) is 6.28. The van der Waals surface area contributed by atoms with Crippen LogP contribution in [-0.4, -0.2) is 47.3 Å². The van der Waals surface area contributed by atoms with Gasteiger partial charge in [0.25, 0.3) is 5.91 Å². The van der Waals surface area contributed by atoms with Crippen molar-refractivity contribution in [1.29, 1.82) is 5.26 Å². The maximum Gasteiger partial charge on any atom is 0.266 e. The van der Waals surface area contributed by atoms with Gasteiger partial charge in [-0.1, -0.05) is 0 Å². The molecule has 1 aromatic carbocycles. The minimum absolute atomic E-state index is 0.0756. The molecular weight excluding hydrogens is 282 g/mol. The van der Waals surface area contributed by atoms with Crippen molar-refractivity contribution in [2.75, 3.05) is 31.6 Å². The number of aromatic amines is 1. The lowest BCUT2D eigenvalue weighted by Gasteiger charge is -2.26. The van der Waals surface area contributed by atoms with Crippen molar-refractivity contribution in [3.63, 3.8) is 0 Å². The third-order valence-electron chi connectivity index (χ3n) is 3.47. The molecule has 1 aromatic heterocycles. The second-order valence-corrected chi connectivity index (χ2v) is 4.89. The highest BCUT2D eigenvalue weighted by Crippen LogP contribution is 2.17. The van der Waals surface area contributed by atoms with Crippen LogP contribution in [0.5, 0.6) is 0 Å².